The van der Waals surface area contributed by atoms with E-state index < -0.39 is 0 Å². The molecule has 1 aliphatic carbocycles. The number of nitrogens with zero attached hydrogens (tertiary/aromatic N) is 5. The van der Waals surface area contributed by atoms with E-state index >= 15 is 0 Å². The molecular weight excluding hydrogens is 252 g/mol. The van der Waals surface area contributed by atoms with Crippen molar-refractivity contribution in [3.63, 3.8) is 0 Å². The zero-order valence-electron chi connectivity index (χ0n) is 11.4. The molecule has 0 spiro atoms. The molecule has 2 aromatic rings. The van der Waals surface area contributed by atoms with Gasteiger partial charge in [-0.25, -0.2) is 4.98 Å². The summed E-state index contributed by atoms with van der Waals surface area (Å²) in [6, 6.07) is 5.01. The van der Waals surface area contributed by atoms with Crippen molar-refractivity contribution in [2.75, 3.05) is 11.4 Å². The Hall–Kier alpha value is -1.95. The van der Waals surface area contributed by atoms with E-state index in [1.165, 1.54) is 18.4 Å². The van der Waals surface area contributed by atoms with Crippen LogP contribution in [-0.2, 0) is 19.6 Å². The smallest absolute Gasteiger partial charge is 0.152 e. The highest BCUT2D eigenvalue weighted by atomic mass is 15.3. The molecule has 1 aliphatic heterocycles. The van der Waals surface area contributed by atoms with Crippen molar-refractivity contribution in [3.05, 3.63) is 36.0 Å². The van der Waals surface area contributed by atoms with Gasteiger partial charge >= 0.3 is 0 Å². The van der Waals surface area contributed by atoms with Crippen LogP contribution in [0.1, 0.15) is 24.2 Å². The topological polar surface area (TPSA) is 58.9 Å². The molecule has 0 bridgehead atoms. The molecule has 0 atom stereocenters. The molecule has 6 nitrogen and oxygen atoms in total. The van der Waals surface area contributed by atoms with E-state index in [4.69, 9.17) is 0 Å². The number of hydrogen-bond acceptors (Lipinski definition) is 5. The van der Waals surface area contributed by atoms with E-state index in [1.807, 2.05) is 6.20 Å². The Morgan fingerprint density at radius 2 is 2.20 bits per heavy atom. The zero-order valence-corrected chi connectivity index (χ0v) is 11.4. The van der Waals surface area contributed by atoms with E-state index in [0.717, 1.165) is 43.9 Å². The Kier molecular flexibility index (Phi) is 2.88. The van der Waals surface area contributed by atoms with Crippen molar-refractivity contribution in [3.8, 4) is 0 Å². The molecule has 104 valence electrons. The lowest BCUT2D eigenvalue weighted by Gasteiger charge is -2.28. The third kappa shape index (κ3) is 2.38. The van der Waals surface area contributed by atoms with Crippen LogP contribution in [0.5, 0.6) is 0 Å². The summed E-state index contributed by atoms with van der Waals surface area (Å²) in [4.78, 5) is 6.84. The SMILES string of the molecule is c1cc(N2CCn3cnnc3C2)ncc1CNC1CC1. The fraction of sp³-hybridized carbons (Fsp3) is 0.500. The Morgan fingerprint density at radius 3 is 3.00 bits per heavy atom. The third-order valence-corrected chi connectivity index (χ3v) is 3.94. The predicted octanol–water partition coefficient (Wildman–Crippen LogP) is 0.945. The fourth-order valence-corrected chi connectivity index (χ4v) is 2.52. The van der Waals surface area contributed by atoms with Gasteiger partial charge in [0.25, 0.3) is 0 Å². The Balaban J connectivity index is 1.43. The number of nitrogens with one attached hydrogen (secondary N) is 1. The Bertz CT molecular complexity index is 586. The normalized spacial score (nSPS) is 18.1. The molecule has 0 radical (unpaired) electrons. The van der Waals surface area contributed by atoms with Gasteiger partial charge in [-0.2, -0.15) is 0 Å². The lowest BCUT2D eigenvalue weighted by atomic mass is 10.2. The van der Waals surface area contributed by atoms with Gasteiger partial charge < -0.3 is 14.8 Å². The van der Waals surface area contributed by atoms with Crippen LogP contribution in [0.2, 0.25) is 0 Å². The Labute approximate surface area is 117 Å². The maximum atomic E-state index is 4.59. The second-order valence-electron chi connectivity index (χ2n) is 5.54. The van der Waals surface area contributed by atoms with E-state index in [2.05, 4.69) is 42.1 Å². The molecule has 1 N–H and O–H groups in total. The monoisotopic (exact) mass is 270 g/mol. The maximum Gasteiger partial charge on any atom is 0.152 e. The van der Waals surface area contributed by atoms with Gasteiger partial charge in [-0.15, -0.1) is 10.2 Å². The van der Waals surface area contributed by atoms with Crippen molar-refractivity contribution in [1.82, 2.24) is 25.1 Å². The van der Waals surface area contributed by atoms with Crippen LogP contribution in [-0.4, -0.2) is 32.3 Å². The summed E-state index contributed by atoms with van der Waals surface area (Å²) in [5.74, 6) is 2.03. The van der Waals surface area contributed by atoms with E-state index in [9.17, 15) is 0 Å². The highest BCUT2D eigenvalue weighted by Gasteiger charge is 2.20. The summed E-state index contributed by atoms with van der Waals surface area (Å²) in [6.07, 6.45) is 6.41. The minimum Gasteiger partial charge on any atom is -0.347 e. The van der Waals surface area contributed by atoms with Crippen LogP contribution in [0.4, 0.5) is 5.82 Å². The van der Waals surface area contributed by atoms with Crippen LogP contribution in [0.3, 0.4) is 0 Å². The number of rotatable bonds is 4. The molecule has 1 fully saturated rings. The van der Waals surface area contributed by atoms with Crippen molar-refractivity contribution >= 4 is 5.82 Å². The molecule has 6 heteroatoms. The molecule has 0 aromatic carbocycles. The largest absolute Gasteiger partial charge is 0.347 e. The fourth-order valence-electron chi connectivity index (χ4n) is 2.52. The number of hydrogen-bond donors (Lipinski definition) is 1. The number of pyridine rings is 1. The molecule has 0 saturated heterocycles. The standard InChI is InChI=1S/C14H18N6/c1-4-13(16-8-11(1)7-15-12-2-3-12)19-5-6-20-10-17-18-14(20)9-19/h1,4,8,10,12,15H,2-3,5-7,9H2. The average molecular weight is 270 g/mol. The van der Waals surface area contributed by atoms with Gasteiger partial charge in [0, 0.05) is 31.9 Å². The molecule has 4 rings (SSSR count). The molecule has 1 saturated carbocycles. The van der Waals surface area contributed by atoms with Gasteiger partial charge in [0.2, 0.25) is 0 Å². The summed E-state index contributed by atoms with van der Waals surface area (Å²) < 4.78 is 2.10. The summed E-state index contributed by atoms with van der Waals surface area (Å²) in [5.41, 5.74) is 1.25. The summed E-state index contributed by atoms with van der Waals surface area (Å²) in [6.45, 7) is 3.59. The van der Waals surface area contributed by atoms with Crippen molar-refractivity contribution in [1.29, 1.82) is 0 Å². The first-order chi connectivity index (χ1) is 9.88. The number of anilines is 1. The van der Waals surface area contributed by atoms with E-state index in [0.29, 0.717) is 0 Å². The van der Waals surface area contributed by atoms with Gasteiger partial charge in [-0.05, 0) is 24.5 Å². The minimum atomic E-state index is 0.739. The molecule has 2 aromatic heterocycles. The quantitative estimate of drug-likeness (QED) is 0.896. The van der Waals surface area contributed by atoms with Crippen molar-refractivity contribution in [2.45, 2.75) is 38.5 Å². The molecule has 0 unspecified atom stereocenters. The second kappa shape index (κ2) is 4.86. The molecule has 3 heterocycles. The van der Waals surface area contributed by atoms with Crippen molar-refractivity contribution < 1.29 is 0 Å². The van der Waals surface area contributed by atoms with Gasteiger partial charge in [0.05, 0.1) is 6.54 Å². The maximum absolute atomic E-state index is 4.59. The summed E-state index contributed by atoms with van der Waals surface area (Å²) in [5, 5.41) is 11.6. The first-order valence-corrected chi connectivity index (χ1v) is 7.18. The predicted molar refractivity (Wildman–Crippen MR) is 75.2 cm³/mol. The van der Waals surface area contributed by atoms with Gasteiger partial charge in [-0.1, -0.05) is 6.07 Å². The molecule has 0 amide bonds. The zero-order chi connectivity index (χ0) is 13.4. The van der Waals surface area contributed by atoms with Gasteiger partial charge in [-0.3, -0.25) is 0 Å². The summed E-state index contributed by atoms with van der Waals surface area (Å²) in [7, 11) is 0. The van der Waals surface area contributed by atoms with Gasteiger partial charge in [0.1, 0.15) is 12.1 Å². The Morgan fingerprint density at radius 1 is 1.25 bits per heavy atom. The minimum absolute atomic E-state index is 0.739. The number of aromatic nitrogens is 4. The average Bonchev–Trinajstić information content (AvgIpc) is 3.21. The van der Waals surface area contributed by atoms with Gasteiger partial charge in [0.15, 0.2) is 5.82 Å². The first kappa shape index (κ1) is 11.8. The third-order valence-electron chi connectivity index (χ3n) is 3.94. The highest BCUT2D eigenvalue weighted by molar-refractivity contribution is 5.40. The van der Waals surface area contributed by atoms with Crippen LogP contribution in [0.25, 0.3) is 0 Å². The second-order valence-corrected chi connectivity index (χ2v) is 5.54. The van der Waals surface area contributed by atoms with Crippen molar-refractivity contribution in [2.24, 2.45) is 0 Å². The molecular formula is C14H18N6. The molecule has 2 aliphatic rings. The van der Waals surface area contributed by atoms with Crippen LogP contribution < -0.4 is 10.2 Å². The molecule has 20 heavy (non-hydrogen) atoms. The highest BCUT2D eigenvalue weighted by Crippen LogP contribution is 2.20. The van der Waals surface area contributed by atoms with Crippen LogP contribution >= 0.6 is 0 Å². The first-order valence-electron chi connectivity index (χ1n) is 7.18. The lowest BCUT2D eigenvalue weighted by molar-refractivity contribution is 0.556. The van der Waals surface area contributed by atoms with E-state index in [-0.39, 0.29) is 0 Å². The lowest BCUT2D eigenvalue weighted by Crippen LogP contribution is -2.34. The summed E-state index contributed by atoms with van der Waals surface area (Å²) >= 11 is 0. The number of fused-ring (bicyclic) bond motifs is 1. The van der Waals surface area contributed by atoms with Crippen LogP contribution in [0.15, 0.2) is 24.7 Å². The van der Waals surface area contributed by atoms with E-state index in [1.54, 1.807) is 6.33 Å². The van der Waals surface area contributed by atoms with Crippen LogP contribution in [0, 0.1) is 0 Å².